The van der Waals surface area contributed by atoms with Gasteiger partial charge in [0, 0.05) is 30.4 Å². The lowest BCUT2D eigenvalue weighted by atomic mass is 10.1. The van der Waals surface area contributed by atoms with Crippen molar-refractivity contribution in [2.45, 2.75) is 46.1 Å². The number of hydrogen-bond donors (Lipinski definition) is 0. The van der Waals surface area contributed by atoms with Gasteiger partial charge in [0.05, 0.1) is 0 Å². The van der Waals surface area contributed by atoms with Crippen molar-refractivity contribution >= 4 is 16.8 Å². The molecular formula is C21H26N4O2. The van der Waals surface area contributed by atoms with Gasteiger partial charge in [-0.15, -0.1) is 10.2 Å². The van der Waals surface area contributed by atoms with E-state index in [0.717, 1.165) is 48.9 Å². The quantitative estimate of drug-likeness (QED) is 0.687. The van der Waals surface area contributed by atoms with Crippen molar-refractivity contribution in [2.24, 2.45) is 5.92 Å². The molecule has 0 atom stereocenters. The van der Waals surface area contributed by atoms with Crippen LogP contribution in [0.2, 0.25) is 0 Å². The molecule has 0 radical (unpaired) electrons. The fraction of sp³-hybridized carbons (Fsp3) is 0.476. The minimum absolute atomic E-state index is 0.152. The number of benzene rings is 1. The van der Waals surface area contributed by atoms with Crippen LogP contribution in [0.15, 0.2) is 34.7 Å². The number of carbonyl (C=O) groups is 1. The van der Waals surface area contributed by atoms with Crippen LogP contribution >= 0.6 is 0 Å². The maximum Gasteiger partial charge on any atom is 0.264 e. The molecule has 1 aromatic carbocycles. The summed E-state index contributed by atoms with van der Waals surface area (Å²) in [6.45, 7) is 6.25. The average molecular weight is 366 g/mol. The fourth-order valence-electron chi connectivity index (χ4n) is 3.73. The number of hydrogen-bond acceptors (Lipinski definition) is 4. The Hall–Kier alpha value is -2.63. The molecule has 3 aromatic rings. The normalized spacial score (nSPS) is 15.0. The first-order valence-corrected chi connectivity index (χ1v) is 9.80. The Kier molecular flexibility index (Phi) is 4.97. The summed E-state index contributed by atoms with van der Waals surface area (Å²) >= 11 is 0. The van der Waals surface area contributed by atoms with Crippen LogP contribution in [0.5, 0.6) is 0 Å². The van der Waals surface area contributed by atoms with E-state index >= 15 is 0 Å². The Morgan fingerprint density at radius 3 is 2.70 bits per heavy atom. The summed E-state index contributed by atoms with van der Waals surface area (Å²) in [6.07, 6.45) is 4.14. The maximum absolute atomic E-state index is 12.9. The molecule has 0 spiro atoms. The lowest BCUT2D eigenvalue weighted by Crippen LogP contribution is -2.37. The van der Waals surface area contributed by atoms with Gasteiger partial charge in [0.2, 0.25) is 11.8 Å². The molecule has 0 saturated carbocycles. The van der Waals surface area contributed by atoms with Crippen LogP contribution in [0.4, 0.5) is 0 Å². The van der Waals surface area contributed by atoms with Gasteiger partial charge in [0.25, 0.3) is 5.89 Å². The molecule has 0 N–H and O–H groups in total. The van der Waals surface area contributed by atoms with Crippen LogP contribution in [-0.4, -0.2) is 38.7 Å². The minimum Gasteiger partial charge on any atom is -0.419 e. The van der Waals surface area contributed by atoms with Gasteiger partial charge in [-0.2, -0.15) is 0 Å². The lowest BCUT2D eigenvalue weighted by molar-refractivity contribution is -0.132. The molecule has 1 saturated heterocycles. The fourth-order valence-corrected chi connectivity index (χ4v) is 3.73. The first-order valence-electron chi connectivity index (χ1n) is 9.80. The highest BCUT2D eigenvalue weighted by atomic mass is 16.4. The molecule has 27 heavy (non-hydrogen) atoms. The lowest BCUT2D eigenvalue weighted by Gasteiger charge is -2.27. The summed E-state index contributed by atoms with van der Waals surface area (Å²) in [5.41, 5.74) is 1.82. The third kappa shape index (κ3) is 3.75. The van der Waals surface area contributed by atoms with E-state index in [4.69, 9.17) is 4.42 Å². The zero-order chi connectivity index (χ0) is 18.8. The highest BCUT2D eigenvalue weighted by Crippen LogP contribution is 2.28. The van der Waals surface area contributed by atoms with E-state index in [-0.39, 0.29) is 5.91 Å². The van der Waals surface area contributed by atoms with E-state index in [0.29, 0.717) is 24.2 Å². The van der Waals surface area contributed by atoms with Gasteiger partial charge in [-0.25, -0.2) is 0 Å². The summed E-state index contributed by atoms with van der Waals surface area (Å²) < 4.78 is 7.92. The first kappa shape index (κ1) is 17.8. The van der Waals surface area contributed by atoms with Crippen LogP contribution in [0.1, 0.15) is 39.0 Å². The van der Waals surface area contributed by atoms with Crippen molar-refractivity contribution in [1.82, 2.24) is 19.7 Å². The zero-order valence-corrected chi connectivity index (χ0v) is 16.0. The summed E-state index contributed by atoms with van der Waals surface area (Å²) in [7, 11) is 0. The summed E-state index contributed by atoms with van der Waals surface area (Å²) in [4.78, 5) is 14.9. The van der Waals surface area contributed by atoms with Crippen molar-refractivity contribution in [2.75, 3.05) is 13.1 Å². The van der Waals surface area contributed by atoms with Crippen molar-refractivity contribution in [3.05, 3.63) is 36.2 Å². The average Bonchev–Trinajstić information content (AvgIpc) is 3.27. The molecule has 6 heteroatoms. The third-order valence-corrected chi connectivity index (χ3v) is 5.08. The predicted molar refractivity (Wildman–Crippen MR) is 104 cm³/mol. The minimum atomic E-state index is 0.152. The second-order valence-corrected chi connectivity index (χ2v) is 7.71. The van der Waals surface area contributed by atoms with Crippen molar-refractivity contribution in [3.63, 3.8) is 0 Å². The molecule has 0 unspecified atom stereocenters. The monoisotopic (exact) mass is 366 g/mol. The SMILES string of the molecule is CC(C)Cc1nnc(-c2cc3ccccc3n2CC(=O)N2CCCCC2)o1. The largest absolute Gasteiger partial charge is 0.419 e. The molecule has 4 rings (SSSR count). The Labute approximate surface area is 159 Å². The highest BCUT2D eigenvalue weighted by Gasteiger charge is 2.22. The number of likely N-dealkylation sites (tertiary alicyclic amines) is 1. The molecule has 0 aliphatic carbocycles. The van der Waals surface area contributed by atoms with Crippen molar-refractivity contribution in [1.29, 1.82) is 0 Å². The van der Waals surface area contributed by atoms with Crippen LogP contribution in [0.3, 0.4) is 0 Å². The molecule has 1 aliphatic heterocycles. The Morgan fingerprint density at radius 1 is 1.15 bits per heavy atom. The van der Waals surface area contributed by atoms with Gasteiger partial charge in [0.15, 0.2) is 0 Å². The molecule has 2 aromatic heterocycles. The van der Waals surface area contributed by atoms with Gasteiger partial charge in [-0.05, 0) is 37.3 Å². The second-order valence-electron chi connectivity index (χ2n) is 7.71. The molecule has 1 fully saturated rings. The van der Waals surface area contributed by atoms with E-state index in [1.54, 1.807) is 0 Å². The van der Waals surface area contributed by atoms with E-state index in [9.17, 15) is 4.79 Å². The van der Waals surface area contributed by atoms with Crippen LogP contribution in [-0.2, 0) is 17.8 Å². The summed E-state index contributed by atoms with van der Waals surface area (Å²) in [5, 5.41) is 9.51. The van der Waals surface area contributed by atoms with E-state index in [1.807, 2.05) is 39.8 Å². The van der Waals surface area contributed by atoms with Crippen LogP contribution < -0.4 is 0 Å². The van der Waals surface area contributed by atoms with E-state index in [1.165, 1.54) is 6.42 Å². The van der Waals surface area contributed by atoms with Gasteiger partial charge < -0.3 is 13.9 Å². The summed E-state index contributed by atoms with van der Waals surface area (Å²) in [6, 6.07) is 10.1. The summed E-state index contributed by atoms with van der Waals surface area (Å²) in [5.74, 6) is 1.72. The van der Waals surface area contributed by atoms with Crippen molar-refractivity contribution < 1.29 is 9.21 Å². The number of rotatable bonds is 5. The molecule has 1 aliphatic rings. The highest BCUT2D eigenvalue weighted by molar-refractivity contribution is 5.88. The smallest absolute Gasteiger partial charge is 0.264 e. The predicted octanol–water partition coefficient (Wildman–Crippen LogP) is 3.90. The van der Waals surface area contributed by atoms with E-state index in [2.05, 4.69) is 24.0 Å². The molecular weight excluding hydrogens is 340 g/mol. The number of fused-ring (bicyclic) bond motifs is 1. The Bertz CT molecular complexity index is 935. The Balaban J connectivity index is 1.69. The molecule has 1 amide bonds. The molecule has 6 nitrogen and oxygen atoms in total. The number of piperidine rings is 1. The van der Waals surface area contributed by atoms with Gasteiger partial charge in [-0.3, -0.25) is 4.79 Å². The number of aromatic nitrogens is 3. The number of nitrogens with zero attached hydrogens (tertiary/aromatic N) is 4. The number of amides is 1. The van der Waals surface area contributed by atoms with E-state index < -0.39 is 0 Å². The topological polar surface area (TPSA) is 64.2 Å². The molecule has 3 heterocycles. The molecule has 0 bridgehead atoms. The number of para-hydroxylation sites is 1. The Morgan fingerprint density at radius 2 is 1.93 bits per heavy atom. The standard InChI is InChI=1S/C21H26N4O2/c1-15(2)12-19-22-23-21(27-19)18-13-16-8-4-5-9-17(16)25(18)14-20(26)24-10-6-3-7-11-24/h4-5,8-9,13,15H,3,6-7,10-12,14H2,1-2H3. The van der Waals surface area contributed by atoms with Crippen LogP contribution in [0, 0.1) is 5.92 Å². The molecule has 142 valence electrons. The number of carbonyl (C=O) groups excluding carboxylic acids is 1. The third-order valence-electron chi connectivity index (χ3n) is 5.08. The van der Waals surface area contributed by atoms with Crippen LogP contribution in [0.25, 0.3) is 22.5 Å². The van der Waals surface area contributed by atoms with Gasteiger partial charge >= 0.3 is 0 Å². The zero-order valence-electron chi connectivity index (χ0n) is 16.0. The van der Waals surface area contributed by atoms with Crippen molar-refractivity contribution in [3.8, 4) is 11.6 Å². The van der Waals surface area contributed by atoms with Gasteiger partial charge in [-0.1, -0.05) is 32.0 Å². The first-order chi connectivity index (χ1) is 13.1. The van der Waals surface area contributed by atoms with Gasteiger partial charge in [0.1, 0.15) is 12.2 Å². The maximum atomic E-state index is 12.9. The second kappa shape index (κ2) is 7.55.